The van der Waals surface area contributed by atoms with Gasteiger partial charge in [-0.05, 0) is 24.6 Å². The molecule has 1 aromatic heterocycles. The molecule has 5 nitrogen and oxygen atoms in total. The second-order valence-electron chi connectivity index (χ2n) is 4.70. The molecule has 1 aromatic carbocycles. The third-order valence-corrected chi connectivity index (χ3v) is 3.05. The van der Waals surface area contributed by atoms with Gasteiger partial charge in [0, 0.05) is 18.9 Å². The number of aromatic nitrogens is 2. The molecule has 0 fully saturated rings. The normalized spacial score (nSPS) is 11.3. The summed E-state index contributed by atoms with van der Waals surface area (Å²) in [4.78, 5) is 8.23. The topological polar surface area (TPSA) is 54.2 Å². The Bertz CT molecular complexity index is 643. The lowest BCUT2D eigenvalue weighted by Gasteiger charge is -2.12. The van der Waals surface area contributed by atoms with Gasteiger partial charge >= 0.3 is 6.55 Å². The van der Waals surface area contributed by atoms with Crippen molar-refractivity contribution in [3.8, 4) is 0 Å². The number of nitrogens with one attached hydrogen (secondary N) is 2. The third kappa shape index (κ3) is 6.02. The van der Waals surface area contributed by atoms with Gasteiger partial charge in [-0.25, -0.2) is 14.4 Å². The van der Waals surface area contributed by atoms with Gasteiger partial charge in [-0.15, -0.1) is 24.0 Å². The zero-order valence-electron chi connectivity index (χ0n) is 13.0. The van der Waals surface area contributed by atoms with Gasteiger partial charge in [0.25, 0.3) is 0 Å². The molecule has 0 amide bonds. The van der Waals surface area contributed by atoms with Crippen LogP contribution < -0.4 is 10.6 Å². The van der Waals surface area contributed by atoms with Crippen molar-refractivity contribution in [3.63, 3.8) is 0 Å². The predicted octanol–water partition coefficient (Wildman–Crippen LogP) is 3.29. The van der Waals surface area contributed by atoms with Crippen molar-refractivity contribution in [1.82, 2.24) is 20.2 Å². The number of guanidine groups is 1. The molecule has 1 heterocycles. The van der Waals surface area contributed by atoms with E-state index in [0.29, 0.717) is 19.0 Å². The molecular weight excluding hydrogens is 434 g/mol. The van der Waals surface area contributed by atoms with Crippen molar-refractivity contribution in [2.24, 2.45) is 4.99 Å². The molecule has 9 heteroatoms. The second kappa shape index (κ2) is 10.2. The smallest absolute Gasteiger partial charge is 0.319 e. The van der Waals surface area contributed by atoms with Gasteiger partial charge in [-0.3, -0.25) is 4.57 Å². The minimum Gasteiger partial charge on any atom is -0.357 e. The SMILES string of the molecule is CCNC(=NCc1ccc(F)cc1)NCc1nccn1C(F)F.I. The van der Waals surface area contributed by atoms with Crippen molar-refractivity contribution in [3.05, 3.63) is 53.9 Å². The van der Waals surface area contributed by atoms with Crippen LogP contribution in [0.25, 0.3) is 0 Å². The van der Waals surface area contributed by atoms with Crippen LogP contribution in [0.15, 0.2) is 41.7 Å². The summed E-state index contributed by atoms with van der Waals surface area (Å²) in [5.74, 6) is 0.384. The summed E-state index contributed by atoms with van der Waals surface area (Å²) in [7, 11) is 0. The van der Waals surface area contributed by atoms with Crippen LogP contribution in [0.3, 0.4) is 0 Å². The molecule has 0 saturated carbocycles. The molecule has 0 saturated heterocycles. The largest absolute Gasteiger partial charge is 0.357 e. The summed E-state index contributed by atoms with van der Waals surface area (Å²) in [6.45, 7) is 0.354. The number of alkyl halides is 2. The van der Waals surface area contributed by atoms with Gasteiger partial charge in [0.2, 0.25) is 0 Å². The molecule has 2 rings (SSSR count). The molecule has 24 heavy (non-hydrogen) atoms. The minimum absolute atomic E-state index is 0. The van der Waals surface area contributed by atoms with E-state index in [1.165, 1.54) is 24.5 Å². The fraction of sp³-hybridized carbons (Fsp3) is 0.333. The summed E-state index contributed by atoms with van der Waals surface area (Å²) in [5, 5.41) is 5.96. The van der Waals surface area contributed by atoms with E-state index in [4.69, 9.17) is 0 Å². The first kappa shape index (κ1) is 20.3. The van der Waals surface area contributed by atoms with Crippen molar-refractivity contribution in [2.45, 2.75) is 26.6 Å². The molecule has 0 unspecified atom stereocenters. The molecular formula is C15H19F3IN5. The molecule has 0 radical (unpaired) electrons. The zero-order chi connectivity index (χ0) is 16.7. The molecule has 0 aliphatic carbocycles. The predicted molar refractivity (Wildman–Crippen MR) is 97.0 cm³/mol. The van der Waals surface area contributed by atoms with Crippen LogP contribution >= 0.6 is 24.0 Å². The number of rotatable bonds is 6. The standard InChI is InChI=1S/C15H18F3N5.HI/c1-2-19-15(21-9-11-3-5-12(16)6-4-11)22-10-13-20-7-8-23(13)14(17)18;/h3-8,14H,2,9-10H2,1H3,(H2,19,21,22);1H. The Labute approximate surface area is 155 Å². The maximum absolute atomic E-state index is 12.9. The Balaban J connectivity index is 0.00000288. The molecule has 2 N–H and O–H groups in total. The average Bonchev–Trinajstić information content (AvgIpc) is 3.00. The summed E-state index contributed by atoms with van der Waals surface area (Å²) < 4.78 is 39.2. The summed E-state index contributed by atoms with van der Waals surface area (Å²) >= 11 is 0. The Hall–Kier alpha value is -1.78. The first-order chi connectivity index (χ1) is 11.1. The number of hydrogen-bond acceptors (Lipinski definition) is 2. The van der Waals surface area contributed by atoms with Crippen LogP contribution in [0.5, 0.6) is 0 Å². The van der Waals surface area contributed by atoms with E-state index in [2.05, 4.69) is 20.6 Å². The highest BCUT2D eigenvalue weighted by molar-refractivity contribution is 14.0. The lowest BCUT2D eigenvalue weighted by molar-refractivity contribution is 0.0668. The molecule has 132 valence electrons. The monoisotopic (exact) mass is 453 g/mol. The number of aliphatic imine (C=N–C) groups is 1. The molecule has 0 aliphatic heterocycles. The Kier molecular flexibility index (Phi) is 8.58. The number of halogens is 4. The highest BCUT2D eigenvalue weighted by Crippen LogP contribution is 2.11. The first-order valence-corrected chi connectivity index (χ1v) is 7.16. The number of hydrogen-bond donors (Lipinski definition) is 2. The van der Waals surface area contributed by atoms with Crippen LogP contribution in [0.2, 0.25) is 0 Å². The fourth-order valence-electron chi connectivity index (χ4n) is 1.92. The second-order valence-corrected chi connectivity index (χ2v) is 4.70. The van der Waals surface area contributed by atoms with Crippen molar-refractivity contribution in [1.29, 1.82) is 0 Å². The van der Waals surface area contributed by atoms with Gasteiger partial charge in [0.1, 0.15) is 11.6 Å². The van der Waals surface area contributed by atoms with Gasteiger partial charge in [-0.2, -0.15) is 8.78 Å². The van der Waals surface area contributed by atoms with Crippen LogP contribution in [0.1, 0.15) is 24.9 Å². The lowest BCUT2D eigenvalue weighted by atomic mass is 10.2. The van der Waals surface area contributed by atoms with Crippen LogP contribution in [-0.4, -0.2) is 22.1 Å². The highest BCUT2D eigenvalue weighted by atomic mass is 127. The van der Waals surface area contributed by atoms with E-state index >= 15 is 0 Å². The number of imidazole rings is 1. The van der Waals surface area contributed by atoms with E-state index in [1.54, 1.807) is 12.1 Å². The van der Waals surface area contributed by atoms with E-state index in [1.807, 2.05) is 6.92 Å². The quantitative estimate of drug-likeness (QED) is 0.401. The third-order valence-electron chi connectivity index (χ3n) is 3.05. The molecule has 0 bridgehead atoms. The van der Waals surface area contributed by atoms with Gasteiger partial charge in [0.05, 0.1) is 13.1 Å². The van der Waals surface area contributed by atoms with Gasteiger partial charge < -0.3 is 10.6 Å². The maximum atomic E-state index is 12.9. The van der Waals surface area contributed by atoms with Crippen LogP contribution in [-0.2, 0) is 13.1 Å². The van der Waals surface area contributed by atoms with E-state index in [-0.39, 0.29) is 42.2 Å². The Morgan fingerprint density at radius 3 is 2.58 bits per heavy atom. The molecule has 2 aromatic rings. The molecule has 0 spiro atoms. The summed E-state index contributed by atoms with van der Waals surface area (Å²) in [6.07, 6.45) is 2.55. The Morgan fingerprint density at radius 1 is 1.25 bits per heavy atom. The van der Waals surface area contributed by atoms with Gasteiger partial charge in [-0.1, -0.05) is 12.1 Å². The fourth-order valence-corrected chi connectivity index (χ4v) is 1.92. The first-order valence-electron chi connectivity index (χ1n) is 7.16. The number of benzene rings is 1. The van der Waals surface area contributed by atoms with E-state index in [0.717, 1.165) is 10.1 Å². The zero-order valence-corrected chi connectivity index (χ0v) is 15.4. The van der Waals surface area contributed by atoms with Crippen LogP contribution in [0.4, 0.5) is 13.2 Å². The summed E-state index contributed by atoms with van der Waals surface area (Å²) in [5.41, 5.74) is 0.845. The Morgan fingerprint density at radius 2 is 1.96 bits per heavy atom. The highest BCUT2D eigenvalue weighted by Gasteiger charge is 2.11. The van der Waals surface area contributed by atoms with Crippen molar-refractivity contribution >= 4 is 29.9 Å². The molecule has 0 aliphatic rings. The number of nitrogens with zero attached hydrogens (tertiary/aromatic N) is 3. The minimum atomic E-state index is -2.63. The van der Waals surface area contributed by atoms with E-state index < -0.39 is 6.55 Å². The van der Waals surface area contributed by atoms with Crippen molar-refractivity contribution < 1.29 is 13.2 Å². The van der Waals surface area contributed by atoms with Gasteiger partial charge in [0.15, 0.2) is 5.96 Å². The van der Waals surface area contributed by atoms with Crippen LogP contribution in [0, 0.1) is 5.82 Å². The van der Waals surface area contributed by atoms with E-state index in [9.17, 15) is 13.2 Å². The lowest BCUT2D eigenvalue weighted by Crippen LogP contribution is -2.37. The molecule has 0 atom stereocenters. The summed E-state index contributed by atoms with van der Waals surface area (Å²) in [6, 6.07) is 6.02. The average molecular weight is 453 g/mol. The maximum Gasteiger partial charge on any atom is 0.319 e. The van der Waals surface area contributed by atoms with Crippen molar-refractivity contribution in [2.75, 3.05) is 6.54 Å².